The molecule has 0 aliphatic rings. The zero-order valence-electron chi connectivity index (χ0n) is 13.0. The summed E-state index contributed by atoms with van der Waals surface area (Å²) < 4.78 is 40.5. The van der Waals surface area contributed by atoms with E-state index in [4.69, 9.17) is 11.6 Å². The van der Waals surface area contributed by atoms with Gasteiger partial charge in [0.15, 0.2) is 0 Å². The van der Waals surface area contributed by atoms with Crippen molar-refractivity contribution in [3.05, 3.63) is 70.1 Å². The average Bonchev–Trinajstić information content (AvgIpc) is 2.53. The van der Waals surface area contributed by atoms with Crippen molar-refractivity contribution in [2.75, 3.05) is 0 Å². The van der Waals surface area contributed by atoms with Crippen LogP contribution in [0, 0.1) is 0 Å². The van der Waals surface area contributed by atoms with Gasteiger partial charge in [-0.05, 0) is 34.9 Å². The van der Waals surface area contributed by atoms with Gasteiger partial charge in [-0.2, -0.15) is 0 Å². The van der Waals surface area contributed by atoms with Gasteiger partial charge in [0.1, 0.15) is 16.7 Å². The van der Waals surface area contributed by atoms with Crippen molar-refractivity contribution in [2.24, 2.45) is 0 Å². The number of H-pyrrole nitrogens is 1. The number of aromatic amines is 1. The first-order chi connectivity index (χ1) is 12.2. The smallest absolute Gasteiger partial charge is 0.507 e. The van der Waals surface area contributed by atoms with Crippen molar-refractivity contribution in [3.63, 3.8) is 0 Å². The number of benzene rings is 2. The molecule has 2 N–H and O–H groups in total. The van der Waals surface area contributed by atoms with Crippen LogP contribution in [0.3, 0.4) is 0 Å². The molecule has 0 spiro atoms. The van der Waals surface area contributed by atoms with Gasteiger partial charge in [0.25, 0.3) is 5.56 Å². The fraction of sp³-hybridized carbons (Fsp3) is 0.0556. The van der Waals surface area contributed by atoms with Crippen LogP contribution in [0.25, 0.3) is 22.3 Å². The van der Waals surface area contributed by atoms with E-state index < -0.39 is 11.9 Å². The SMILES string of the molecule is O=c1cc(O)c(-c2cccc(-c3ccc(OC(F)(F)F)cc3)c2)c(Cl)[nH]1. The lowest BCUT2D eigenvalue weighted by atomic mass is 9.99. The number of alkyl halides is 3. The molecule has 8 heteroatoms. The zero-order valence-corrected chi connectivity index (χ0v) is 13.7. The van der Waals surface area contributed by atoms with Crippen molar-refractivity contribution >= 4 is 11.6 Å². The zero-order chi connectivity index (χ0) is 18.9. The number of halogens is 4. The molecule has 0 fully saturated rings. The molecule has 0 bridgehead atoms. The first-order valence-corrected chi connectivity index (χ1v) is 7.69. The van der Waals surface area contributed by atoms with Gasteiger partial charge in [-0.1, -0.05) is 41.9 Å². The Labute approximate surface area is 150 Å². The summed E-state index contributed by atoms with van der Waals surface area (Å²) in [5, 5.41) is 9.99. The van der Waals surface area contributed by atoms with Crippen LogP contribution in [0.1, 0.15) is 0 Å². The summed E-state index contributed by atoms with van der Waals surface area (Å²) in [5.74, 6) is -0.594. The van der Waals surface area contributed by atoms with Crippen LogP contribution in [-0.2, 0) is 0 Å². The molecule has 134 valence electrons. The highest BCUT2D eigenvalue weighted by molar-refractivity contribution is 6.32. The predicted octanol–water partition coefficient (Wildman–Crippen LogP) is 4.97. The van der Waals surface area contributed by atoms with Gasteiger partial charge in [-0.25, -0.2) is 0 Å². The molecule has 0 radical (unpaired) electrons. The first kappa shape index (κ1) is 17.9. The third-order valence-electron chi connectivity index (χ3n) is 3.55. The van der Waals surface area contributed by atoms with Gasteiger partial charge in [0.2, 0.25) is 0 Å². The number of hydrogen-bond acceptors (Lipinski definition) is 3. The summed E-state index contributed by atoms with van der Waals surface area (Å²) in [5.41, 5.74) is 1.58. The van der Waals surface area contributed by atoms with Crippen LogP contribution in [0.2, 0.25) is 5.15 Å². The monoisotopic (exact) mass is 381 g/mol. The maximum atomic E-state index is 12.2. The molecule has 0 unspecified atom stereocenters. The second kappa shape index (κ2) is 6.76. The predicted molar refractivity (Wildman–Crippen MR) is 91.3 cm³/mol. The lowest BCUT2D eigenvalue weighted by molar-refractivity contribution is -0.274. The molecule has 1 aromatic heterocycles. The lowest BCUT2D eigenvalue weighted by Crippen LogP contribution is -2.16. The second-order valence-electron chi connectivity index (χ2n) is 5.36. The molecule has 0 aliphatic carbocycles. The Morgan fingerprint density at radius 1 is 0.962 bits per heavy atom. The van der Waals surface area contributed by atoms with Crippen molar-refractivity contribution in [3.8, 4) is 33.8 Å². The molecule has 3 rings (SSSR count). The van der Waals surface area contributed by atoms with E-state index in [0.29, 0.717) is 16.7 Å². The topological polar surface area (TPSA) is 62.3 Å². The van der Waals surface area contributed by atoms with Gasteiger partial charge in [0, 0.05) is 6.07 Å². The summed E-state index contributed by atoms with van der Waals surface area (Å²) in [6.45, 7) is 0. The Hall–Kier alpha value is -2.93. The molecule has 0 saturated heterocycles. The van der Waals surface area contributed by atoms with Crippen LogP contribution >= 0.6 is 11.6 Å². The minimum atomic E-state index is -4.75. The Kier molecular flexibility index (Phi) is 4.65. The molecule has 2 aromatic carbocycles. The second-order valence-corrected chi connectivity index (χ2v) is 5.74. The molecule has 3 aromatic rings. The molecule has 26 heavy (non-hydrogen) atoms. The number of aromatic hydroxyl groups is 1. The molecule has 0 atom stereocenters. The van der Waals surface area contributed by atoms with Gasteiger partial charge >= 0.3 is 6.36 Å². The third kappa shape index (κ3) is 4.00. The van der Waals surface area contributed by atoms with Crippen molar-refractivity contribution in [1.29, 1.82) is 0 Å². The molecular formula is C18H11ClF3NO3. The van der Waals surface area contributed by atoms with E-state index in [2.05, 4.69) is 9.72 Å². The minimum Gasteiger partial charge on any atom is -0.507 e. The highest BCUT2D eigenvalue weighted by Gasteiger charge is 2.30. The van der Waals surface area contributed by atoms with Crippen LogP contribution in [-0.4, -0.2) is 16.5 Å². The molecule has 4 nitrogen and oxygen atoms in total. The average molecular weight is 382 g/mol. The van der Waals surface area contributed by atoms with E-state index in [1.807, 2.05) is 0 Å². The van der Waals surface area contributed by atoms with E-state index in [1.54, 1.807) is 24.3 Å². The Bertz CT molecular complexity index is 972. The number of ether oxygens (including phenoxy) is 1. The number of pyridine rings is 1. The quantitative estimate of drug-likeness (QED) is 0.630. The maximum Gasteiger partial charge on any atom is 0.573 e. The normalized spacial score (nSPS) is 11.4. The lowest BCUT2D eigenvalue weighted by Gasteiger charge is -2.11. The number of nitrogens with one attached hydrogen (secondary N) is 1. The molecular weight excluding hydrogens is 371 g/mol. The fourth-order valence-electron chi connectivity index (χ4n) is 2.49. The maximum absolute atomic E-state index is 12.2. The van der Waals surface area contributed by atoms with Crippen LogP contribution in [0.5, 0.6) is 11.5 Å². The molecule has 1 heterocycles. The summed E-state index contributed by atoms with van der Waals surface area (Å²) in [6.07, 6.45) is -4.75. The van der Waals surface area contributed by atoms with Crippen molar-refractivity contribution in [2.45, 2.75) is 6.36 Å². The van der Waals surface area contributed by atoms with Gasteiger partial charge < -0.3 is 14.8 Å². The third-order valence-corrected chi connectivity index (χ3v) is 3.83. The standard InChI is InChI=1S/C18H11ClF3NO3/c19-17-16(14(24)9-15(25)23-17)12-3-1-2-11(8-12)10-4-6-13(7-5-10)26-18(20,21)22/h1-9H,(H2,23,24,25). The highest BCUT2D eigenvalue weighted by Crippen LogP contribution is 2.35. The number of hydrogen-bond donors (Lipinski definition) is 2. The van der Waals surface area contributed by atoms with Gasteiger partial charge in [-0.15, -0.1) is 13.2 Å². The first-order valence-electron chi connectivity index (χ1n) is 7.31. The Morgan fingerprint density at radius 3 is 2.23 bits per heavy atom. The Balaban J connectivity index is 1.97. The van der Waals surface area contributed by atoms with E-state index in [1.165, 1.54) is 24.3 Å². The van der Waals surface area contributed by atoms with E-state index in [0.717, 1.165) is 6.07 Å². The number of rotatable bonds is 3. The largest absolute Gasteiger partial charge is 0.573 e. The highest BCUT2D eigenvalue weighted by atomic mass is 35.5. The molecule has 0 aliphatic heterocycles. The fourth-order valence-corrected chi connectivity index (χ4v) is 2.79. The van der Waals surface area contributed by atoms with E-state index >= 15 is 0 Å². The Morgan fingerprint density at radius 2 is 1.62 bits per heavy atom. The van der Waals surface area contributed by atoms with Crippen LogP contribution < -0.4 is 10.3 Å². The summed E-state index contributed by atoms with van der Waals surface area (Å²) >= 11 is 6.01. The summed E-state index contributed by atoms with van der Waals surface area (Å²) in [6, 6.07) is 13.2. The molecule has 0 amide bonds. The minimum absolute atomic E-state index is 0.0129. The van der Waals surface area contributed by atoms with Crippen LogP contribution in [0.15, 0.2) is 59.4 Å². The van der Waals surface area contributed by atoms with E-state index in [9.17, 15) is 23.1 Å². The van der Waals surface area contributed by atoms with Gasteiger partial charge in [-0.3, -0.25) is 4.79 Å². The number of aromatic nitrogens is 1. The summed E-state index contributed by atoms with van der Waals surface area (Å²) in [7, 11) is 0. The van der Waals surface area contributed by atoms with Crippen LogP contribution in [0.4, 0.5) is 13.2 Å². The molecule has 0 saturated carbocycles. The van der Waals surface area contributed by atoms with Gasteiger partial charge in [0.05, 0.1) is 5.56 Å². The summed E-state index contributed by atoms with van der Waals surface area (Å²) in [4.78, 5) is 13.7. The van der Waals surface area contributed by atoms with Crippen molar-refractivity contribution in [1.82, 2.24) is 4.98 Å². The van der Waals surface area contributed by atoms with E-state index in [-0.39, 0.29) is 22.2 Å². The van der Waals surface area contributed by atoms with Crippen molar-refractivity contribution < 1.29 is 23.0 Å².